The standard InChI is InChI=1S/C13H11Cl2IN2O3/c1-19-7-5-4-6(9(20-2)10(7)21-3)13-17-11(14)8(16)12(15)18-13/h4-5H,1-3H3. The van der Waals surface area contributed by atoms with Crippen molar-refractivity contribution in [1.82, 2.24) is 9.97 Å². The lowest BCUT2D eigenvalue weighted by molar-refractivity contribution is 0.325. The van der Waals surface area contributed by atoms with E-state index in [1.54, 1.807) is 19.2 Å². The third-order valence-electron chi connectivity index (χ3n) is 2.72. The third-order valence-corrected chi connectivity index (χ3v) is 4.92. The minimum absolute atomic E-state index is 0.280. The van der Waals surface area contributed by atoms with Crippen molar-refractivity contribution in [3.05, 3.63) is 26.0 Å². The Labute approximate surface area is 145 Å². The van der Waals surface area contributed by atoms with E-state index in [-0.39, 0.29) is 10.3 Å². The van der Waals surface area contributed by atoms with Crippen LogP contribution in [0.1, 0.15) is 0 Å². The van der Waals surface area contributed by atoms with Gasteiger partial charge in [-0.1, -0.05) is 23.2 Å². The molecule has 0 unspecified atom stereocenters. The predicted octanol–water partition coefficient (Wildman–Crippen LogP) is 4.08. The monoisotopic (exact) mass is 440 g/mol. The molecule has 0 fully saturated rings. The van der Waals surface area contributed by atoms with E-state index in [0.29, 0.717) is 32.2 Å². The van der Waals surface area contributed by atoms with Crippen LogP contribution in [-0.4, -0.2) is 31.3 Å². The molecule has 0 saturated carbocycles. The predicted molar refractivity (Wildman–Crippen MR) is 89.9 cm³/mol. The summed E-state index contributed by atoms with van der Waals surface area (Å²) in [4.78, 5) is 8.46. The van der Waals surface area contributed by atoms with E-state index < -0.39 is 0 Å². The van der Waals surface area contributed by atoms with Crippen molar-refractivity contribution < 1.29 is 14.2 Å². The summed E-state index contributed by atoms with van der Waals surface area (Å²) in [6.45, 7) is 0. The molecule has 0 bridgehead atoms. The van der Waals surface area contributed by atoms with Gasteiger partial charge in [0, 0.05) is 0 Å². The minimum Gasteiger partial charge on any atom is -0.493 e. The van der Waals surface area contributed by atoms with Gasteiger partial charge in [-0.2, -0.15) is 0 Å². The minimum atomic E-state index is 0.280. The van der Waals surface area contributed by atoms with Crippen molar-refractivity contribution in [2.24, 2.45) is 0 Å². The fraction of sp³-hybridized carbons (Fsp3) is 0.231. The molecule has 0 N–H and O–H groups in total. The molecule has 0 spiro atoms. The van der Waals surface area contributed by atoms with Gasteiger partial charge in [-0.15, -0.1) is 0 Å². The summed E-state index contributed by atoms with van der Waals surface area (Å²) < 4.78 is 16.6. The molecule has 1 aromatic heterocycles. The summed E-state index contributed by atoms with van der Waals surface area (Å²) in [6, 6.07) is 3.49. The van der Waals surface area contributed by atoms with E-state index in [1.165, 1.54) is 14.2 Å². The van der Waals surface area contributed by atoms with Crippen molar-refractivity contribution in [1.29, 1.82) is 0 Å². The molecule has 8 heteroatoms. The Morgan fingerprint density at radius 3 is 1.95 bits per heavy atom. The highest BCUT2D eigenvalue weighted by molar-refractivity contribution is 14.1. The number of benzene rings is 1. The normalized spacial score (nSPS) is 10.4. The van der Waals surface area contributed by atoms with Crippen LogP contribution < -0.4 is 14.2 Å². The molecule has 2 aromatic rings. The molecule has 21 heavy (non-hydrogen) atoms. The topological polar surface area (TPSA) is 53.5 Å². The van der Waals surface area contributed by atoms with Gasteiger partial charge < -0.3 is 14.2 Å². The van der Waals surface area contributed by atoms with Crippen LogP contribution in [-0.2, 0) is 0 Å². The molecule has 1 heterocycles. The fourth-order valence-electron chi connectivity index (χ4n) is 1.79. The maximum atomic E-state index is 6.06. The SMILES string of the molecule is COc1ccc(-c2nc(Cl)c(I)c(Cl)n2)c(OC)c1OC. The van der Waals surface area contributed by atoms with Crippen LogP contribution in [0.15, 0.2) is 12.1 Å². The lowest BCUT2D eigenvalue weighted by Gasteiger charge is -2.15. The van der Waals surface area contributed by atoms with Crippen molar-refractivity contribution in [2.75, 3.05) is 21.3 Å². The van der Waals surface area contributed by atoms with Crippen molar-refractivity contribution in [3.8, 4) is 28.6 Å². The molecule has 1 aromatic carbocycles. The average molecular weight is 441 g/mol. The maximum absolute atomic E-state index is 6.06. The Kier molecular flexibility index (Phi) is 5.34. The van der Waals surface area contributed by atoms with Gasteiger partial charge in [-0.3, -0.25) is 0 Å². The largest absolute Gasteiger partial charge is 0.493 e. The number of rotatable bonds is 4. The average Bonchev–Trinajstić information content (AvgIpc) is 2.50. The van der Waals surface area contributed by atoms with Crippen LogP contribution in [0.25, 0.3) is 11.4 Å². The highest BCUT2D eigenvalue weighted by atomic mass is 127. The molecule has 0 aliphatic heterocycles. The zero-order chi connectivity index (χ0) is 15.6. The third kappa shape index (κ3) is 3.12. The van der Waals surface area contributed by atoms with E-state index in [1.807, 2.05) is 22.6 Å². The van der Waals surface area contributed by atoms with Crippen molar-refractivity contribution >= 4 is 45.8 Å². The first-order valence-corrected chi connectivity index (χ1v) is 7.54. The van der Waals surface area contributed by atoms with Crippen LogP contribution in [0.3, 0.4) is 0 Å². The van der Waals surface area contributed by atoms with Crippen molar-refractivity contribution in [2.45, 2.75) is 0 Å². The maximum Gasteiger partial charge on any atom is 0.204 e. The van der Waals surface area contributed by atoms with Crippen LogP contribution in [0.4, 0.5) is 0 Å². The molecule has 0 saturated heterocycles. The highest BCUT2D eigenvalue weighted by Gasteiger charge is 2.20. The summed E-state index contributed by atoms with van der Waals surface area (Å²) in [7, 11) is 4.60. The van der Waals surface area contributed by atoms with Crippen molar-refractivity contribution in [3.63, 3.8) is 0 Å². The zero-order valence-corrected chi connectivity index (χ0v) is 15.1. The lowest BCUT2D eigenvalue weighted by Crippen LogP contribution is -2.00. The molecular formula is C13H11Cl2IN2O3. The molecule has 112 valence electrons. The van der Waals surface area contributed by atoms with Crippen LogP contribution in [0, 0.1) is 3.57 Å². The smallest absolute Gasteiger partial charge is 0.204 e. The first-order chi connectivity index (χ1) is 10.0. The Morgan fingerprint density at radius 2 is 1.48 bits per heavy atom. The molecule has 0 amide bonds. The summed E-state index contributed by atoms with van der Waals surface area (Å²) in [5.41, 5.74) is 0.607. The Morgan fingerprint density at radius 1 is 0.905 bits per heavy atom. The van der Waals surface area contributed by atoms with E-state index in [4.69, 9.17) is 37.4 Å². The number of nitrogens with zero attached hydrogens (tertiary/aromatic N) is 2. The quantitative estimate of drug-likeness (QED) is 0.529. The van der Waals surface area contributed by atoms with E-state index in [2.05, 4.69) is 9.97 Å². The van der Waals surface area contributed by atoms with Crippen LogP contribution in [0.5, 0.6) is 17.2 Å². The number of hydrogen-bond donors (Lipinski definition) is 0. The lowest BCUT2D eigenvalue weighted by atomic mass is 10.1. The molecule has 5 nitrogen and oxygen atoms in total. The summed E-state index contributed by atoms with van der Waals surface area (Å²) >= 11 is 14.1. The summed E-state index contributed by atoms with van der Waals surface area (Å²) in [6.07, 6.45) is 0. The number of hydrogen-bond acceptors (Lipinski definition) is 5. The van der Waals surface area contributed by atoms with Gasteiger partial charge in [0.25, 0.3) is 0 Å². The molecule has 2 rings (SSSR count). The molecule has 0 aliphatic carbocycles. The first-order valence-electron chi connectivity index (χ1n) is 5.71. The van der Waals surface area contributed by atoms with Crippen LogP contribution in [0.2, 0.25) is 10.3 Å². The Hall–Kier alpha value is -0.990. The molecule has 0 atom stereocenters. The number of ether oxygens (including phenoxy) is 3. The molecule has 0 radical (unpaired) electrons. The molecule has 0 aliphatic rings. The van der Waals surface area contributed by atoms with Gasteiger partial charge in [0.1, 0.15) is 10.3 Å². The second kappa shape index (κ2) is 6.85. The van der Waals surface area contributed by atoms with Gasteiger partial charge in [0.05, 0.1) is 30.5 Å². The van der Waals surface area contributed by atoms with Gasteiger partial charge in [-0.25, -0.2) is 9.97 Å². The van der Waals surface area contributed by atoms with E-state index >= 15 is 0 Å². The summed E-state index contributed by atoms with van der Waals surface area (Å²) in [5, 5.41) is 0.560. The number of methoxy groups -OCH3 is 3. The van der Waals surface area contributed by atoms with Gasteiger partial charge in [0.2, 0.25) is 5.75 Å². The molecular weight excluding hydrogens is 430 g/mol. The second-order valence-corrected chi connectivity index (χ2v) is 5.62. The highest BCUT2D eigenvalue weighted by Crippen LogP contribution is 2.43. The zero-order valence-electron chi connectivity index (χ0n) is 11.4. The second-order valence-electron chi connectivity index (χ2n) is 3.82. The fourth-order valence-corrected chi connectivity index (χ4v) is 2.42. The van der Waals surface area contributed by atoms with Crippen LogP contribution >= 0.6 is 45.8 Å². The number of halogens is 3. The first kappa shape index (κ1) is 16.4. The van der Waals surface area contributed by atoms with E-state index in [0.717, 1.165) is 0 Å². The Balaban J connectivity index is 2.69. The Bertz CT molecular complexity index is 660. The van der Waals surface area contributed by atoms with E-state index in [9.17, 15) is 0 Å². The summed E-state index contributed by atoms with van der Waals surface area (Å²) in [5.74, 6) is 1.79. The van der Waals surface area contributed by atoms with Gasteiger partial charge in [0.15, 0.2) is 17.3 Å². The van der Waals surface area contributed by atoms with Gasteiger partial charge in [-0.05, 0) is 34.7 Å². The number of aromatic nitrogens is 2. The van der Waals surface area contributed by atoms with Gasteiger partial charge >= 0.3 is 0 Å².